The number of carbonyl (C=O) groups excluding carboxylic acids is 1. The summed E-state index contributed by atoms with van der Waals surface area (Å²) >= 11 is 5.97. The molecule has 0 radical (unpaired) electrons. The van der Waals surface area contributed by atoms with Crippen LogP contribution in [-0.4, -0.2) is 21.1 Å². The Bertz CT molecular complexity index is 847. The van der Waals surface area contributed by atoms with Gasteiger partial charge in [-0.3, -0.25) is 9.89 Å². The third-order valence-electron chi connectivity index (χ3n) is 3.87. The number of amides is 1. The van der Waals surface area contributed by atoms with Gasteiger partial charge in [0.15, 0.2) is 0 Å². The average Bonchev–Trinajstić information content (AvgIpc) is 3.06. The summed E-state index contributed by atoms with van der Waals surface area (Å²) in [7, 11) is 0. The highest BCUT2D eigenvalue weighted by Crippen LogP contribution is 2.21. The van der Waals surface area contributed by atoms with Crippen molar-refractivity contribution in [2.45, 2.75) is 26.4 Å². The molecule has 2 aromatic heterocycles. The van der Waals surface area contributed by atoms with Gasteiger partial charge in [-0.1, -0.05) is 11.6 Å². The molecule has 120 valence electrons. The fraction of sp³-hybridized carbons (Fsp3) is 0.250. The molecule has 0 aliphatic rings. The van der Waals surface area contributed by atoms with Gasteiger partial charge < -0.3 is 16.0 Å². The van der Waals surface area contributed by atoms with E-state index in [0.29, 0.717) is 11.6 Å². The number of nitrogens with zero attached hydrogens (tertiary/aromatic N) is 1. The lowest BCUT2D eigenvalue weighted by Gasteiger charge is -2.12. The Kier molecular flexibility index (Phi) is 4.11. The Morgan fingerprint density at radius 3 is 2.87 bits per heavy atom. The summed E-state index contributed by atoms with van der Waals surface area (Å²) in [5, 5.41) is 11.4. The number of halogens is 1. The molecule has 0 aliphatic heterocycles. The van der Waals surface area contributed by atoms with Gasteiger partial charge >= 0.3 is 0 Å². The van der Waals surface area contributed by atoms with Crippen molar-refractivity contribution in [1.82, 2.24) is 20.5 Å². The van der Waals surface area contributed by atoms with Gasteiger partial charge in [0, 0.05) is 32.9 Å². The van der Waals surface area contributed by atoms with Crippen LogP contribution in [0.3, 0.4) is 0 Å². The maximum absolute atomic E-state index is 12.3. The van der Waals surface area contributed by atoms with Crippen LogP contribution in [0.1, 0.15) is 28.7 Å². The molecule has 1 atom stereocenters. The van der Waals surface area contributed by atoms with E-state index >= 15 is 0 Å². The first kappa shape index (κ1) is 15.6. The molecule has 2 heterocycles. The van der Waals surface area contributed by atoms with Gasteiger partial charge in [0.25, 0.3) is 0 Å². The number of hydrogen-bond acceptors (Lipinski definition) is 3. The topological polar surface area (TPSA) is 99.6 Å². The number of rotatable bonds is 4. The zero-order valence-electron chi connectivity index (χ0n) is 12.9. The van der Waals surface area contributed by atoms with E-state index in [1.807, 2.05) is 38.1 Å². The van der Waals surface area contributed by atoms with Crippen LogP contribution in [0.15, 0.2) is 24.3 Å². The van der Waals surface area contributed by atoms with E-state index in [4.69, 9.17) is 17.3 Å². The predicted octanol–water partition coefficient (Wildman–Crippen LogP) is 2.48. The predicted molar refractivity (Wildman–Crippen MR) is 90.1 cm³/mol. The molecule has 3 aromatic rings. The number of fused-ring (bicyclic) bond motifs is 1. The molecule has 0 fully saturated rings. The second-order valence-corrected chi connectivity index (χ2v) is 6.01. The highest BCUT2D eigenvalue weighted by atomic mass is 35.5. The van der Waals surface area contributed by atoms with Crippen LogP contribution in [0.5, 0.6) is 0 Å². The third kappa shape index (κ3) is 3.09. The van der Waals surface area contributed by atoms with E-state index in [-0.39, 0.29) is 5.91 Å². The number of benzene rings is 1. The molecular formula is C16H18ClN5O. The van der Waals surface area contributed by atoms with E-state index < -0.39 is 6.04 Å². The molecular weight excluding hydrogens is 314 g/mol. The normalized spacial score (nSPS) is 12.5. The first-order valence-corrected chi connectivity index (χ1v) is 7.65. The van der Waals surface area contributed by atoms with Crippen LogP contribution in [0, 0.1) is 13.8 Å². The highest BCUT2D eigenvalue weighted by molar-refractivity contribution is 6.31. The van der Waals surface area contributed by atoms with Crippen LogP contribution >= 0.6 is 11.6 Å². The van der Waals surface area contributed by atoms with Gasteiger partial charge in [0.05, 0.1) is 12.2 Å². The molecule has 5 N–H and O–H groups in total. The minimum absolute atomic E-state index is 0.241. The third-order valence-corrected chi connectivity index (χ3v) is 4.11. The van der Waals surface area contributed by atoms with Crippen LogP contribution in [0.25, 0.3) is 10.9 Å². The summed E-state index contributed by atoms with van der Waals surface area (Å²) in [6.45, 7) is 4.05. The van der Waals surface area contributed by atoms with E-state index in [9.17, 15) is 4.79 Å². The lowest BCUT2D eigenvalue weighted by atomic mass is 10.1. The average molecular weight is 332 g/mol. The minimum atomic E-state index is -0.743. The van der Waals surface area contributed by atoms with Crippen molar-refractivity contribution >= 4 is 28.4 Å². The van der Waals surface area contributed by atoms with Gasteiger partial charge in [-0.05, 0) is 38.1 Å². The van der Waals surface area contributed by atoms with Gasteiger partial charge in [-0.15, -0.1) is 0 Å². The van der Waals surface area contributed by atoms with Crippen molar-refractivity contribution in [2.24, 2.45) is 5.73 Å². The summed E-state index contributed by atoms with van der Waals surface area (Å²) in [5.74, 6) is -0.241. The number of nitrogens with one attached hydrogen (secondary N) is 3. The summed E-state index contributed by atoms with van der Waals surface area (Å²) < 4.78 is 0. The maximum atomic E-state index is 12.3. The van der Waals surface area contributed by atoms with E-state index in [2.05, 4.69) is 20.5 Å². The quantitative estimate of drug-likeness (QED) is 0.591. The minimum Gasteiger partial charge on any atom is -0.357 e. The Morgan fingerprint density at radius 2 is 2.17 bits per heavy atom. The Labute approximate surface area is 138 Å². The van der Waals surface area contributed by atoms with Crippen LogP contribution in [0.4, 0.5) is 0 Å². The second-order valence-electron chi connectivity index (χ2n) is 5.57. The van der Waals surface area contributed by atoms with E-state index in [1.54, 1.807) is 0 Å². The summed E-state index contributed by atoms with van der Waals surface area (Å²) in [4.78, 5) is 15.5. The van der Waals surface area contributed by atoms with Crippen molar-refractivity contribution in [2.75, 3.05) is 0 Å². The molecule has 1 aromatic carbocycles. The molecule has 23 heavy (non-hydrogen) atoms. The Balaban J connectivity index is 1.70. The number of nitrogens with two attached hydrogens (primary N) is 1. The first-order valence-electron chi connectivity index (χ1n) is 7.27. The number of aryl methyl sites for hydroxylation is 2. The lowest BCUT2D eigenvalue weighted by molar-refractivity contribution is -0.122. The van der Waals surface area contributed by atoms with Crippen LogP contribution < -0.4 is 11.1 Å². The molecule has 0 saturated heterocycles. The van der Waals surface area contributed by atoms with Crippen molar-refractivity contribution in [3.63, 3.8) is 0 Å². The molecule has 3 rings (SSSR count). The van der Waals surface area contributed by atoms with Crippen molar-refractivity contribution in [3.8, 4) is 0 Å². The molecule has 0 bridgehead atoms. The lowest BCUT2D eigenvalue weighted by Crippen LogP contribution is -2.34. The molecule has 1 unspecified atom stereocenters. The molecule has 0 aliphatic carbocycles. The molecule has 1 amide bonds. The Hall–Kier alpha value is -2.31. The summed E-state index contributed by atoms with van der Waals surface area (Å²) in [6, 6.07) is 6.83. The first-order chi connectivity index (χ1) is 11.0. The van der Waals surface area contributed by atoms with Crippen molar-refractivity contribution in [1.29, 1.82) is 0 Å². The van der Waals surface area contributed by atoms with E-state index in [1.165, 1.54) is 0 Å². The second kappa shape index (κ2) is 6.06. The number of aromatic nitrogens is 3. The highest BCUT2D eigenvalue weighted by Gasteiger charge is 2.21. The zero-order chi connectivity index (χ0) is 16.6. The van der Waals surface area contributed by atoms with Crippen LogP contribution in [-0.2, 0) is 11.3 Å². The monoisotopic (exact) mass is 331 g/mol. The fourth-order valence-corrected chi connectivity index (χ4v) is 2.88. The Morgan fingerprint density at radius 1 is 1.39 bits per heavy atom. The molecule has 0 spiro atoms. The molecule has 7 heteroatoms. The standard InChI is InChI=1S/C16H18ClN5O/c1-8-14(9(2)22-21-8)15(18)16(23)19-7-12-6-10-5-11(17)3-4-13(10)20-12/h3-6,15,20H,7,18H2,1-2H3,(H,19,23)(H,21,22). The largest absolute Gasteiger partial charge is 0.357 e. The summed E-state index contributed by atoms with van der Waals surface area (Å²) in [6.07, 6.45) is 0. The maximum Gasteiger partial charge on any atom is 0.241 e. The number of H-pyrrole nitrogens is 2. The van der Waals surface area contributed by atoms with E-state index in [0.717, 1.165) is 33.5 Å². The zero-order valence-corrected chi connectivity index (χ0v) is 13.7. The summed E-state index contributed by atoms with van der Waals surface area (Å²) in [5.41, 5.74) is 10.2. The van der Waals surface area contributed by atoms with Crippen molar-refractivity contribution in [3.05, 3.63) is 51.9 Å². The SMILES string of the molecule is Cc1n[nH]c(C)c1C(N)C(=O)NCc1cc2cc(Cl)ccc2[nH]1. The van der Waals surface area contributed by atoms with Crippen molar-refractivity contribution < 1.29 is 4.79 Å². The van der Waals surface area contributed by atoms with Crippen LogP contribution in [0.2, 0.25) is 5.02 Å². The molecule has 0 saturated carbocycles. The number of aromatic amines is 2. The van der Waals surface area contributed by atoms with Gasteiger partial charge in [0.1, 0.15) is 6.04 Å². The fourth-order valence-electron chi connectivity index (χ4n) is 2.70. The smallest absolute Gasteiger partial charge is 0.241 e. The number of hydrogen-bond donors (Lipinski definition) is 4. The molecule has 6 nitrogen and oxygen atoms in total. The number of carbonyl (C=O) groups is 1. The van der Waals surface area contributed by atoms with Gasteiger partial charge in [-0.2, -0.15) is 5.10 Å². The van der Waals surface area contributed by atoms with Gasteiger partial charge in [-0.25, -0.2) is 0 Å². The van der Waals surface area contributed by atoms with Gasteiger partial charge in [0.2, 0.25) is 5.91 Å².